The van der Waals surface area contributed by atoms with Crippen molar-refractivity contribution in [2.45, 2.75) is 36.1 Å². The van der Waals surface area contributed by atoms with Crippen LogP contribution in [0.15, 0.2) is 59.5 Å². The average Bonchev–Trinajstić information content (AvgIpc) is 3.41. The van der Waals surface area contributed by atoms with E-state index >= 15 is 0 Å². The van der Waals surface area contributed by atoms with Crippen molar-refractivity contribution < 1.29 is 17.6 Å². The molecule has 0 bridgehead atoms. The van der Waals surface area contributed by atoms with E-state index in [0.717, 1.165) is 37.1 Å². The van der Waals surface area contributed by atoms with Crippen LogP contribution in [0.2, 0.25) is 0 Å². The molecule has 1 saturated carbocycles. The molecule has 0 heterocycles. The Bertz CT molecular complexity index is 879. The van der Waals surface area contributed by atoms with Gasteiger partial charge in [-0.2, -0.15) is 4.72 Å². The Morgan fingerprint density at radius 1 is 1.12 bits per heavy atom. The quantitative estimate of drug-likeness (QED) is 0.779. The minimum atomic E-state index is -3.89. The molecular formula is C19H21FN2O3S. The van der Waals surface area contributed by atoms with Gasteiger partial charge in [-0.05, 0) is 49.6 Å². The van der Waals surface area contributed by atoms with Gasteiger partial charge in [-0.3, -0.25) is 4.79 Å². The second-order valence-corrected chi connectivity index (χ2v) is 8.38. The van der Waals surface area contributed by atoms with Gasteiger partial charge in [-0.25, -0.2) is 12.8 Å². The third-order valence-electron chi connectivity index (χ3n) is 4.69. The number of nitrogens with one attached hydrogen (secondary N) is 2. The highest BCUT2D eigenvalue weighted by molar-refractivity contribution is 7.89. The number of benzene rings is 2. The van der Waals surface area contributed by atoms with Crippen LogP contribution in [0.5, 0.6) is 0 Å². The number of sulfonamides is 1. The van der Waals surface area contributed by atoms with Crippen LogP contribution in [0.3, 0.4) is 0 Å². The highest BCUT2D eigenvalue weighted by atomic mass is 32.2. The van der Waals surface area contributed by atoms with Crippen molar-refractivity contribution in [1.82, 2.24) is 10.0 Å². The fraction of sp³-hybridized carbons (Fsp3) is 0.316. The molecule has 3 rings (SSSR count). The molecule has 2 N–H and O–H groups in total. The zero-order valence-corrected chi connectivity index (χ0v) is 15.2. The number of rotatable bonds is 7. The Balaban J connectivity index is 1.59. The first-order valence-electron chi connectivity index (χ1n) is 8.44. The van der Waals surface area contributed by atoms with Gasteiger partial charge in [0.05, 0.1) is 10.9 Å². The Morgan fingerprint density at radius 3 is 2.31 bits per heavy atom. The minimum absolute atomic E-state index is 0.0491. The van der Waals surface area contributed by atoms with Crippen LogP contribution in [0.25, 0.3) is 0 Å². The van der Waals surface area contributed by atoms with E-state index in [1.807, 2.05) is 30.3 Å². The molecule has 2 aromatic rings. The summed E-state index contributed by atoms with van der Waals surface area (Å²) in [7, 11) is -3.89. The first kappa shape index (κ1) is 18.5. The molecule has 1 atom stereocenters. The average molecular weight is 376 g/mol. The third-order valence-corrected chi connectivity index (χ3v) is 6.25. The molecule has 0 spiro atoms. The summed E-state index contributed by atoms with van der Waals surface area (Å²) in [6.45, 7) is 1.96. The Hall–Kier alpha value is -2.25. The summed E-state index contributed by atoms with van der Waals surface area (Å²) in [5.41, 5.74) is 1.13. The number of amides is 1. The fourth-order valence-corrected chi connectivity index (χ4v) is 4.09. The molecule has 0 saturated heterocycles. The fourth-order valence-electron chi connectivity index (χ4n) is 2.89. The summed E-state index contributed by atoms with van der Waals surface area (Å²) >= 11 is 0. The van der Waals surface area contributed by atoms with Gasteiger partial charge in [0.25, 0.3) is 0 Å². The molecule has 1 fully saturated rings. The second-order valence-electron chi connectivity index (χ2n) is 6.66. The SMILES string of the molecule is C[C@H](NS(=O)(=O)c1ccc(F)cc1)C(=O)NCC1(c2ccccc2)CC1. The van der Waals surface area contributed by atoms with E-state index in [9.17, 15) is 17.6 Å². The van der Waals surface area contributed by atoms with E-state index < -0.39 is 27.8 Å². The van der Waals surface area contributed by atoms with E-state index in [4.69, 9.17) is 0 Å². The predicted molar refractivity (Wildman–Crippen MR) is 96.5 cm³/mol. The number of hydrogen-bond acceptors (Lipinski definition) is 3. The van der Waals surface area contributed by atoms with Gasteiger partial charge in [0.1, 0.15) is 5.82 Å². The lowest BCUT2D eigenvalue weighted by molar-refractivity contribution is -0.122. The summed E-state index contributed by atoms with van der Waals surface area (Å²) in [5, 5.41) is 2.84. The first-order chi connectivity index (χ1) is 12.3. The molecule has 1 amide bonds. The normalized spacial score (nSPS) is 16.7. The number of hydrogen-bond donors (Lipinski definition) is 2. The van der Waals surface area contributed by atoms with Gasteiger partial charge in [0, 0.05) is 12.0 Å². The summed E-state index contributed by atoms with van der Waals surface area (Å²) in [6.07, 6.45) is 1.99. The molecule has 1 aliphatic carbocycles. The van der Waals surface area contributed by atoms with E-state index in [1.54, 1.807) is 0 Å². The molecule has 0 radical (unpaired) electrons. The van der Waals surface area contributed by atoms with Crippen LogP contribution in [-0.2, 0) is 20.2 Å². The van der Waals surface area contributed by atoms with Crippen LogP contribution < -0.4 is 10.0 Å². The lowest BCUT2D eigenvalue weighted by atomic mass is 9.96. The summed E-state index contributed by atoms with van der Waals surface area (Å²) in [5.74, 6) is -0.914. The van der Waals surface area contributed by atoms with Crippen LogP contribution in [0.1, 0.15) is 25.3 Å². The maximum atomic E-state index is 12.9. The Kier molecular flexibility index (Phi) is 5.11. The smallest absolute Gasteiger partial charge is 0.241 e. The molecule has 0 unspecified atom stereocenters. The molecule has 138 valence electrons. The molecule has 0 aromatic heterocycles. The molecule has 7 heteroatoms. The van der Waals surface area contributed by atoms with E-state index in [-0.39, 0.29) is 10.3 Å². The second kappa shape index (κ2) is 7.17. The third kappa shape index (κ3) is 4.11. The molecule has 0 aliphatic heterocycles. The van der Waals surface area contributed by atoms with Crippen LogP contribution in [0, 0.1) is 5.82 Å². The van der Waals surface area contributed by atoms with E-state index in [1.165, 1.54) is 12.5 Å². The van der Waals surface area contributed by atoms with Gasteiger partial charge in [-0.15, -0.1) is 0 Å². The van der Waals surface area contributed by atoms with Crippen molar-refractivity contribution in [3.8, 4) is 0 Å². The predicted octanol–water partition coefficient (Wildman–Crippen LogP) is 2.34. The van der Waals surface area contributed by atoms with Gasteiger partial charge in [-0.1, -0.05) is 30.3 Å². The maximum absolute atomic E-state index is 12.9. The van der Waals surface area contributed by atoms with Gasteiger partial charge in [0.15, 0.2) is 0 Å². The van der Waals surface area contributed by atoms with Crippen LogP contribution in [-0.4, -0.2) is 26.9 Å². The van der Waals surface area contributed by atoms with Crippen molar-refractivity contribution in [2.24, 2.45) is 0 Å². The van der Waals surface area contributed by atoms with Crippen molar-refractivity contribution >= 4 is 15.9 Å². The topological polar surface area (TPSA) is 75.3 Å². The summed E-state index contributed by atoms with van der Waals surface area (Å²) in [4.78, 5) is 12.2. The van der Waals surface area contributed by atoms with Crippen molar-refractivity contribution in [1.29, 1.82) is 0 Å². The molecule has 26 heavy (non-hydrogen) atoms. The van der Waals surface area contributed by atoms with Crippen molar-refractivity contribution in [2.75, 3.05) is 6.54 Å². The molecule has 2 aromatic carbocycles. The molecule has 1 aliphatic rings. The highest BCUT2D eigenvalue weighted by Crippen LogP contribution is 2.47. The van der Waals surface area contributed by atoms with Gasteiger partial charge in [0.2, 0.25) is 15.9 Å². The lowest BCUT2D eigenvalue weighted by Gasteiger charge is -2.19. The number of carbonyl (C=O) groups is 1. The summed E-state index contributed by atoms with van der Waals surface area (Å²) < 4.78 is 39.8. The van der Waals surface area contributed by atoms with E-state index in [2.05, 4.69) is 10.0 Å². The van der Waals surface area contributed by atoms with Crippen molar-refractivity contribution in [3.63, 3.8) is 0 Å². The number of carbonyl (C=O) groups excluding carboxylic acids is 1. The van der Waals surface area contributed by atoms with Gasteiger partial charge >= 0.3 is 0 Å². The zero-order chi connectivity index (χ0) is 18.8. The number of halogens is 1. The van der Waals surface area contributed by atoms with E-state index in [0.29, 0.717) is 6.54 Å². The standard InChI is InChI=1S/C19H21FN2O3S/c1-14(22-26(24,25)17-9-7-16(20)8-10-17)18(23)21-13-19(11-12-19)15-5-3-2-4-6-15/h2-10,14,22H,11-13H2,1H3,(H,21,23)/t14-/m0/s1. The monoisotopic (exact) mass is 376 g/mol. The van der Waals surface area contributed by atoms with Gasteiger partial charge < -0.3 is 5.32 Å². The first-order valence-corrected chi connectivity index (χ1v) is 9.92. The summed E-state index contributed by atoms with van der Waals surface area (Å²) in [6, 6.07) is 13.5. The lowest BCUT2D eigenvalue weighted by Crippen LogP contribution is -2.46. The van der Waals surface area contributed by atoms with Crippen LogP contribution >= 0.6 is 0 Å². The van der Waals surface area contributed by atoms with Crippen molar-refractivity contribution in [3.05, 3.63) is 66.0 Å². The zero-order valence-electron chi connectivity index (χ0n) is 14.4. The largest absolute Gasteiger partial charge is 0.354 e. The Labute approximate surface area is 152 Å². The Morgan fingerprint density at radius 2 is 1.73 bits per heavy atom. The molecular weight excluding hydrogens is 355 g/mol. The molecule has 5 nitrogen and oxygen atoms in total. The van der Waals surface area contributed by atoms with Crippen LogP contribution in [0.4, 0.5) is 4.39 Å². The minimum Gasteiger partial charge on any atom is -0.354 e. The maximum Gasteiger partial charge on any atom is 0.241 e. The highest BCUT2D eigenvalue weighted by Gasteiger charge is 2.44.